The number of hydrogen-bond acceptors (Lipinski definition) is 4. The van der Waals surface area contributed by atoms with Gasteiger partial charge in [-0.1, -0.05) is 6.07 Å². The van der Waals surface area contributed by atoms with Gasteiger partial charge in [0.15, 0.2) is 9.84 Å². The minimum absolute atomic E-state index is 0.123. The maximum atomic E-state index is 13.4. The zero-order chi connectivity index (χ0) is 15.2. The maximum Gasteiger partial charge on any atom is 0.177 e. The smallest absolute Gasteiger partial charge is 0.177 e. The molecule has 108 valence electrons. The Bertz CT molecular complexity index is 948. The van der Waals surface area contributed by atoms with Crippen molar-refractivity contribution < 1.29 is 12.8 Å². The van der Waals surface area contributed by atoms with Crippen LogP contribution in [0.4, 0.5) is 10.1 Å². The van der Waals surface area contributed by atoms with Crippen molar-refractivity contribution in [3.05, 3.63) is 42.2 Å². The van der Waals surface area contributed by atoms with Crippen molar-refractivity contribution in [3.63, 3.8) is 0 Å². The van der Waals surface area contributed by atoms with Gasteiger partial charge >= 0.3 is 0 Å². The number of aromatic amines is 1. The Kier molecular flexibility index (Phi) is 2.94. The van der Waals surface area contributed by atoms with Gasteiger partial charge in [-0.2, -0.15) is 0 Å². The van der Waals surface area contributed by atoms with E-state index in [0.717, 1.165) is 6.26 Å². The number of nitrogens with two attached hydrogens (primary N) is 1. The molecule has 3 aromatic rings. The largest absolute Gasteiger partial charge is 0.398 e. The molecular formula is C14H12FN3O2S. The van der Waals surface area contributed by atoms with E-state index in [4.69, 9.17) is 5.73 Å². The number of fused-ring (bicyclic) bond motifs is 1. The van der Waals surface area contributed by atoms with Crippen molar-refractivity contribution in [2.24, 2.45) is 0 Å². The van der Waals surface area contributed by atoms with E-state index in [0.29, 0.717) is 28.1 Å². The van der Waals surface area contributed by atoms with E-state index in [2.05, 4.69) is 9.97 Å². The Labute approximate surface area is 120 Å². The predicted molar refractivity (Wildman–Crippen MR) is 79.0 cm³/mol. The molecule has 7 heteroatoms. The normalized spacial score (nSPS) is 11.9. The second kappa shape index (κ2) is 4.56. The highest BCUT2D eigenvalue weighted by Gasteiger charge is 2.16. The third-order valence-corrected chi connectivity index (χ3v) is 4.27. The highest BCUT2D eigenvalue weighted by molar-refractivity contribution is 7.91. The summed E-state index contributed by atoms with van der Waals surface area (Å²) in [5.41, 5.74) is 7.44. The Balaban J connectivity index is 2.30. The summed E-state index contributed by atoms with van der Waals surface area (Å²) in [5, 5.41) is 0. The molecule has 0 saturated heterocycles. The number of benzene rings is 2. The van der Waals surface area contributed by atoms with E-state index in [1.807, 2.05) is 0 Å². The van der Waals surface area contributed by atoms with Crippen LogP contribution in [0.1, 0.15) is 0 Å². The summed E-state index contributed by atoms with van der Waals surface area (Å²) in [6.07, 6.45) is 1.12. The first-order valence-electron chi connectivity index (χ1n) is 6.10. The molecule has 1 heterocycles. The third kappa shape index (κ3) is 2.36. The van der Waals surface area contributed by atoms with Crippen LogP contribution >= 0.6 is 0 Å². The van der Waals surface area contributed by atoms with E-state index in [1.54, 1.807) is 12.1 Å². The van der Waals surface area contributed by atoms with Crippen molar-refractivity contribution in [1.82, 2.24) is 9.97 Å². The van der Waals surface area contributed by atoms with Gasteiger partial charge in [-0.3, -0.25) is 0 Å². The van der Waals surface area contributed by atoms with Crippen LogP contribution in [0, 0.1) is 5.82 Å². The topological polar surface area (TPSA) is 88.8 Å². The molecule has 0 aliphatic rings. The molecule has 0 atom stereocenters. The second-order valence-corrected chi connectivity index (χ2v) is 6.73. The second-order valence-electron chi connectivity index (χ2n) is 4.74. The number of halogens is 1. The first kappa shape index (κ1) is 13.6. The van der Waals surface area contributed by atoms with Gasteiger partial charge in [0, 0.05) is 17.5 Å². The number of anilines is 1. The van der Waals surface area contributed by atoms with Crippen LogP contribution in [0.25, 0.3) is 22.4 Å². The number of nitrogen functional groups attached to an aromatic ring is 1. The van der Waals surface area contributed by atoms with Crippen molar-refractivity contribution in [2.75, 3.05) is 12.0 Å². The molecule has 3 rings (SSSR count). The van der Waals surface area contributed by atoms with Gasteiger partial charge in [0.25, 0.3) is 0 Å². The zero-order valence-corrected chi connectivity index (χ0v) is 11.9. The fourth-order valence-electron chi connectivity index (χ4n) is 2.17. The molecule has 0 radical (unpaired) electrons. The summed E-state index contributed by atoms with van der Waals surface area (Å²) >= 11 is 0. The molecule has 0 aliphatic carbocycles. The van der Waals surface area contributed by atoms with Gasteiger partial charge in [-0.05, 0) is 30.3 Å². The number of H-pyrrole nitrogens is 1. The molecule has 1 aromatic heterocycles. The molecule has 3 N–H and O–H groups in total. The Hall–Kier alpha value is -2.41. The molecule has 0 fully saturated rings. The molecule has 0 bridgehead atoms. The molecule has 0 unspecified atom stereocenters. The van der Waals surface area contributed by atoms with Gasteiger partial charge in [-0.25, -0.2) is 17.8 Å². The molecule has 0 spiro atoms. The number of para-hydroxylation sites is 1. The highest BCUT2D eigenvalue weighted by atomic mass is 32.2. The number of hydrogen-bond donors (Lipinski definition) is 2. The Morgan fingerprint density at radius 3 is 2.71 bits per heavy atom. The van der Waals surface area contributed by atoms with Crippen LogP contribution in [0.2, 0.25) is 0 Å². The van der Waals surface area contributed by atoms with Crippen molar-refractivity contribution >= 4 is 26.6 Å². The van der Waals surface area contributed by atoms with Gasteiger partial charge in [0.2, 0.25) is 0 Å². The number of sulfone groups is 1. The van der Waals surface area contributed by atoms with Crippen LogP contribution in [0.3, 0.4) is 0 Å². The first-order chi connectivity index (χ1) is 9.86. The van der Waals surface area contributed by atoms with E-state index in [9.17, 15) is 12.8 Å². The summed E-state index contributed by atoms with van der Waals surface area (Å²) in [4.78, 5) is 7.36. The quantitative estimate of drug-likeness (QED) is 0.711. The fourth-order valence-corrected chi connectivity index (χ4v) is 3.00. The minimum Gasteiger partial charge on any atom is -0.398 e. The van der Waals surface area contributed by atoms with E-state index in [1.165, 1.54) is 24.3 Å². The summed E-state index contributed by atoms with van der Waals surface area (Å²) < 4.78 is 36.9. The highest BCUT2D eigenvalue weighted by Crippen LogP contribution is 2.28. The zero-order valence-electron chi connectivity index (χ0n) is 11.1. The lowest BCUT2D eigenvalue weighted by atomic mass is 10.1. The standard InChI is InChI=1S/C14H12FN3O2S/c1-21(19,20)12-4-2-3-11-13(12)18-14(17-11)9-7-8(15)5-6-10(9)16/h2-7H,16H2,1H3,(H,17,18). The molecule has 0 saturated carbocycles. The van der Waals surface area contributed by atoms with Gasteiger partial charge in [-0.15, -0.1) is 0 Å². The number of rotatable bonds is 2. The fraction of sp³-hybridized carbons (Fsp3) is 0.0714. The molecule has 2 aromatic carbocycles. The van der Waals surface area contributed by atoms with E-state index < -0.39 is 15.7 Å². The van der Waals surface area contributed by atoms with E-state index >= 15 is 0 Å². The first-order valence-corrected chi connectivity index (χ1v) is 7.99. The SMILES string of the molecule is CS(=O)(=O)c1cccc2[nH]c(-c3cc(F)ccc3N)nc12. The molecule has 21 heavy (non-hydrogen) atoms. The molecule has 5 nitrogen and oxygen atoms in total. The van der Waals surface area contributed by atoms with Crippen molar-refractivity contribution in [1.29, 1.82) is 0 Å². The average Bonchev–Trinajstić information content (AvgIpc) is 2.83. The lowest BCUT2D eigenvalue weighted by Gasteiger charge is -2.01. The Morgan fingerprint density at radius 1 is 1.24 bits per heavy atom. The van der Waals surface area contributed by atoms with Crippen molar-refractivity contribution in [3.8, 4) is 11.4 Å². The van der Waals surface area contributed by atoms with Crippen LogP contribution in [0.5, 0.6) is 0 Å². The predicted octanol–water partition coefficient (Wildman–Crippen LogP) is 2.35. The summed E-state index contributed by atoms with van der Waals surface area (Å²) in [7, 11) is -3.40. The van der Waals surface area contributed by atoms with Crippen molar-refractivity contribution in [2.45, 2.75) is 4.90 Å². The monoisotopic (exact) mass is 305 g/mol. The van der Waals surface area contributed by atoms with Crippen LogP contribution in [-0.4, -0.2) is 24.6 Å². The summed E-state index contributed by atoms with van der Waals surface area (Å²) in [5.74, 6) is -0.110. The van der Waals surface area contributed by atoms with Crippen LogP contribution in [-0.2, 0) is 9.84 Å². The summed E-state index contributed by atoms with van der Waals surface area (Å²) in [6, 6.07) is 8.76. The van der Waals surface area contributed by atoms with Crippen LogP contribution in [0.15, 0.2) is 41.3 Å². The lowest BCUT2D eigenvalue weighted by Crippen LogP contribution is -1.97. The number of aromatic nitrogens is 2. The van der Waals surface area contributed by atoms with Gasteiger partial charge in [0.1, 0.15) is 17.2 Å². The lowest BCUT2D eigenvalue weighted by molar-refractivity contribution is 0.602. The maximum absolute atomic E-state index is 13.4. The number of nitrogens with zero attached hydrogens (tertiary/aromatic N) is 1. The molecular weight excluding hydrogens is 293 g/mol. The third-order valence-electron chi connectivity index (χ3n) is 3.15. The Morgan fingerprint density at radius 2 is 2.00 bits per heavy atom. The van der Waals surface area contributed by atoms with Crippen LogP contribution < -0.4 is 5.73 Å². The average molecular weight is 305 g/mol. The minimum atomic E-state index is -3.40. The van der Waals surface area contributed by atoms with Gasteiger partial charge < -0.3 is 10.7 Å². The van der Waals surface area contributed by atoms with Gasteiger partial charge in [0.05, 0.1) is 10.4 Å². The summed E-state index contributed by atoms with van der Waals surface area (Å²) in [6.45, 7) is 0. The molecule has 0 aliphatic heterocycles. The number of imidazole rings is 1. The number of nitrogens with one attached hydrogen (secondary N) is 1. The molecule has 0 amide bonds. The van der Waals surface area contributed by atoms with E-state index in [-0.39, 0.29) is 4.90 Å².